The second kappa shape index (κ2) is 7.13. The number of nitrogens with zero attached hydrogens (tertiary/aromatic N) is 2. The zero-order chi connectivity index (χ0) is 19.8. The third-order valence-corrected chi connectivity index (χ3v) is 5.81. The average molecular weight is 380 g/mol. The molecule has 1 heterocycles. The molecule has 0 bridgehead atoms. The molecule has 4 heteroatoms. The number of allylic oxidation sites excluding steroid dienone is 5. The number of benzene rings is 2. The van der Waals surface area contributed by atoms with Crippen LogP contribution in [0.2, 0.25) is 0 Å². The van der Waals surface area contributed by atoms with Gasteiger partial charge in [-0.25, -0.2) is 4.79 Å². The summed E-state index contributed by atoms with van der Waals surface area (Å²) >= 11 is 0. The van der Waals surface area contributed by atoms with Crippen LogP contribution in [-0.2, 0) is 30.5 Å². The van der Waals surface area contributed by atoms with E-state index in [4.69, 9.17) is 5.11 Å². The highest BCUT2D eigenvalue weighted by atomic mass is 16.4. The lowest BCUT2D eigenvalue weighted by atomic mass is 9.79. The number of carboxylic acids is 1. The van der Waals surface area contributed by atoms with Gasteiger partial charge in [0.1, 0.15) is 0 Å². The predicted octanol–water partition coefficient (Wildman–Crippen LogP) is 5.35. The quantitative estimate of drug-likeness (QED) is 0.678. The summed E-state index contributed by atoms with van der Waals surface area (Å²) in [4.78, 5) is 10.5. The highest BCUT2D eigenvalue weighted by Crippen LogP contribution is 2.37. The standard InChI is InChI=1S/C18H16.C7H4N2O2/c1-3-7-15-13(5-1)9-11-18-16-8-4-2-6-14(16)10-12-17(15)18;10-7(11)6-4-2-1-3-5(4)8-9-6/h1-5,7,10,12H,6,8-9,11H2;1-3H,(H,10,11). The van der Waals surface area contributed by atoms with E-state index in [1.807, 2.05) is 0 Å². The van der Waals surface area contributed by atoms with E-state index >= 15 is 0 Å². The molecule has 142 valence electrons. The Balaban J connectivity index is 0.000000142. The zero-order valence-electron chi connectivity index (χ0n) is 15.9. The molecular formula is C25H20N2O2. The predicted molar refractivity (Wildman–Crippen MR) is 113 cm³/mol. The number of azo groups is 1. The van der Waals surface area contributed by atoms with Crippen molar-refractivity contribution in [2.45, 2.75) is 25.7 Å². The molecule has 0 aromatic heterocycles. The van der Waals surface area contributed by atoms with Crippen LogP contribution in [0.1, 0.15) is 22.3 Å². The van der Waals surface area contributed by atoms with E-state index in [-0.39, 0.29) is 5.70 Å². The van der Waals surface area contributed by atoms with Crippen LogP contribution in [0.15, 0.2) is 94.0 Å². The Labute approximate surface area is 169 Å². The summed E-state index contributed by atoms with van der Waals surface area (Å²) in [5.41, 5.74) is 10.5. The molecule has 0 fully saturated rings. The second-order valence-corrected chi connectivity index (χ2v) is 7.44. The first kappa shape index (κ1) is 17.6. The van der Waals surface area contributed by atoms with E-state index < -0.39 is 5.97 Å². The summed E-state index contributed by atoms with van der Waals surface area (Å²) in [5.74, 6) is -1.03. The monoisotopic (exact) mass is 380 g/mol. The van der Waals surface area contributed by atoms with Crippen molar-refractivity contribution in [3.05, 3.63) is 106 Å². The molecule has 2 aromatic rings. The van der Waals surface area contributed by atoms with E-state index in [1.165, 1.54) is 35.1 Å². The Hall–Kier alpha value is -3.53. The molecule has 0 amide bonds. The van der Waals surface area contributed by atoms with Crippen molar-refractivity contribution in [2.75, 3.05) is 0 Å². The summed E-state index contributed by atoms with van der Waals surface area (Å²) in [6.07, 6.45) is 14.5. The van der Waals surface area contributed by atoms with Gasteiger partial charge in [0.05, 0.1) is 5.70 Å². The first-order valence-corrected chi connectivity index (χ1v) is 9.87. The lowest BCUT2D eigenvalue weighted by Crippen LogP contribution is -2.10. The van der Waals surface area contributed by atoms with Gasteiger partial charge in [0.2, 0.25) is 0 Å². The average Bonchev–Trinajstić information content (AvgIpc) is 3.37. The van der Waals surface area contributed by atoms with E-state index in [1.54, 1.807) is 29.4 Å². The third-order valence-electron chi connectivity index (χ3n) is 5.81. The summed E-state index contributed by atoms with van der Waals surface area (Å²) < 4.78 is 0. The number of aliphatic carboxylic acids is 1. The molecule has 0 saturated carbocycles. The topological polar surface area (TPSA) is 62.0 Å². The van der Waals surface area contributed by atoms with Crippen molar-refractivity contribution in [1.29, 1.82) is 0 Å². The van der Waals surface area contributed by atoms with Crippen molar-refractivity contribution in [1.82, 2.24) is 0 Å². The van der Waals surface area contributed by atoms with Gasteiger partial charge in [-0.3, -0.25) is 0 Å². The van der Waals surface area contributed by atoms with Crippen molar-refractivity contribution < 1.29 is 9.90 Å². The number of aryl methyl sites for hydroxylation is 1. The van der Waals surface area contributed by atoms with Gasteiger partial charge in [-0.2, -0.15) is 0 Å². The molecule has 4 nitrogen and oxygen atoms in total. The molecule has 0 radical (unpaired) electrons. The minimum atomic E-state index is -1.03. The number of rotatable bonds is 1. The summed E-state index contributed by atoms with van der Waals surface area (Å²) in [7, 11) is 0. The molecule has 3 aliphatic carbocycles. The fourth-order valence-corrected chi connectivity index (χ4v) is 4.41. The van der Waals surface area contributed by atoms with Crippen LogP contribution >= 0.6 is 0 Å². The molecule has 0 saturated heterocycles. The molecular weight excluding hydrogens is 360 g/mol. The third kappa shape index (κ3) is 3.07. The largest absolute Gasteiger partial charge is 0.476 e. The van der Waals surface area contributed by atoms with Crippen molar-refractivity contribution in [2.24, 2.45) is 10.2 Å². The van der Waals surface area contributed by atoms with Crippen molar-refractivity contribution in [3.8, 4) is 11.1 Å². The van der Waals surface area contributed by atoms with Gasteiger partial charge in [-0.15, -0.1) is 10.2 Å². The van der Waals surface area contributed by atoms with Gasteiger partial charge in [-0.05, 0) is 65.1 Å². The zero-order valence-corrected chi connectivity index (χ0v) is 15.9. The molecule has 0 atom stereocenters. The van der Waals surface area contributed by atoms with E-state index in [0.717, 1.165) is 12.8 Å². The minimum Gasteiger partial charge on any atom is -0.476 e. The Morgan fingerprint density at radius 2 is 1.72 bits per heavy atom. The Kier molecular flexibility index (Phi) is 4.32. The van der Waals surface area contributed by atoms with E-state index in [0.29, 0.717) is 11.3 Å². The lowest BCUT2D eigenvalue weighted by molar-refractivity contribution is -0.132. The number of hydrogen-bond donors (Lipinski definition) is 1. The normalized spacial score (nSPS) is 17.0. The number of fused-ring (bicyclic) bond motifs is 6. The Bertz CT molecular complexity index is 1180. The van der Waals surface area contributed by atoms with Crippen molar-refractivity contribution in [3.63, 3.8) is 0 Å². The molecule has 6 rings (SSSR count). The maximum Gasteiger partial charge on any atom is 0.357 e. The van der Waals surface area contributed by atoms with Crippen LogP contribution in [0.5, 0.6) is 0 Å². The maximum atomic E-state index is 10.5. The van der Waals surface area contributed by atoms with Crippen LogP contribution in [0.3, 0.4) is 0 Å². The lowest BCUT2D eigenvalue weighted by Gasteiger charge is -2.25. The second-order valence-electron chi connectivity index (χ2n) is 7.44. The van der Waals surface area contributed by atoms with Crippen molar-refractivity contribution >= 4 is 5.97 Å². The smallest absolute Gasteiger partial charge is 0.357 e. The first-order chi connectivity index (χ1) is 14.2. The Morgan fingerprint density at radius 3 is 2.62 bits per heavy atom. The molecule has 1 aliphatic heterocycles. The minimum absolute atomic E-state index is 0.0324. The van der Waals surface area contributed by atoms with Crippen LogP contribution in [-0.4, -0.2) is 11.1 Å². The first-order valence-electron chi connectivity index (χ1n) is 9.87. The van der Waals surface area contributed by atoms with Crippen LogP contribution in [0.25, 0.3) is 11.1 Å². The number of hydrogen-bond acceptors (Lipinski definition) is 3. The number of carboxylic acid groups (broad SMARTS) is 1. The van der Waals surface area contributed by atoms with Gasteiger partial charge < -0.3 is 5.11 Å². The molecule has 4 aliphatic rings. The van der Waals surface area contributed by atoms with Crippen LogP contribution in [0.4, 0.5) is 0 Å². The molecule has 2 aromatic carbocycles. The highest BCUT2D eigenvalue weighted by molar-refractivity contribution is 5.90. The fourth-order valence-electron chi connectivity index (χ4n) is 4.41. The van der Waals surface area contributed by atoms with Gasteiger partial charge in [0.15, 0.2) is 5.70 Å². The number of carbonyl (C=O) groups is 1. The highest BCUT2D eigenvalue weighted by Gasteiger charge is 2.23. The van der Waals surface area contributed by atoms with Crippen LogP contribution in [0, 0.1) is 0 Å². The van der Waals surface area contributed by atoms with E-state index in [2.05, 4.69) is 58.8 Å². The molecule has 1 N–H and O–H groups in total. The maximum absolute atomic E-state index is 10.5. The van der Waals surface area contributed by atoms with E-state index in [9.17, 15) is 4.79 Å². The SMILES string of the molecule is C1=CCc2c(ccc3c2CCc2ccccc2-3)C1.O=C(O)C1=C2C=CC=C2N=N1. The summed E-state index contributed by atoms with van der Waals surface area (Å²) in [6, 6.07) is 13.5. The summed E-state index contributed by atoms with van der Waals surface area (Å²) in [6.45, 7) is 0. The van der Waals surface area contributed by atoms with Crippen LogP contribution < -0.4 is 0 Å². The van der Waals surface area contributed by atoms with Gasteiger partial charge >= 0.3 is 5.97 Å². The molecule has 29 heavy (non-hydrogen) atoms. The Morgan fingerprint density at radius 1 is 0.862 bits per heavy atom. The van der Waals surface area contributed by atoms with Gasteiger partial charge in [0.25, 0.3) is 0 Å². The summed E-state index contributed by atoms with van der Waals surface area (Å²) in [5, 5.41) is 15.8. The van der Waals surface area contributed by atoms with Gasteiger partial charge in [0, 0.05) is 5.57 Å². The molecule has 0 unspecified atom stereocenters. The molecule has 0 spiro atoms. The fraction of sp³-hybridized carbons (Fsp3) is 0.160. The van der Waals surface area contributed by atoms with Gasteiger partial charge in [-0.1, -0.05) is 60.7 Å².